The maximum Gasteiger partial charge on any atom is 0.238 e. The van der Waals surface area contributed by atoms with E-state index in [1.807, 2.05) is 0 Å². The fraction of sp³-hybridized carbons (Fsp3) is 0.476. The molecule has 9 heteroatoms. The molecule has 1 aliphatic carbocycles. The van der Waals surface area contributed by atoms with Gasteiger partial charge in [-0.05, 0) is 43.0 Å². The van der Waals surface area contributed by atoms with Gasteiger partial charge in [0.2, 0.25) is 10.0 Å². The molecule has 1 heterocycles. The van der Waals surface area contributed by atoms with Gasteiger partial charge in [-0.1, -0.05) is 18.9 Å². The van der Waals surface area contributed by atoms with Crippen molar-refractivity contribution in [2.45, 2.75) is 50.0 Å². The number of Topliss-reactive ketones (excluding diaryl/α,β-unsaturated/α-hetero) is 1. The standard InChI is InChI=1S/C21H28N4O4S/c1-15-11-18(30(22,27)28)8-7-16(15)12-20(26)19-13-21(24-14-23-19)25(9-10-29-2)17-5-3-4-6-17/h7-8,11,13-14,17H,3-6,9-10,12H2,1-2H3,(H2,22,27,28). The molecule has 1 aliphatic rings. The first-order valence-corrected chi connectivity index (χ1v) is 11.6. The summed E-state index contributed by atoms with van der Waals surface area (Å²) in [5.74, 6) is 0.585. The second-order valence-electron chi connectivity index (χ2n) is 7.62. The van der Waals surface area contributed by atoms with Crippen molar-refractivity contribution in [3.63, 3.8) is 0 Å². The van der Waals surface area contributed by atoms with Gasteiger partial charge in [0, 0.05) is 32.2 Å². The first-order valence-electron chi connectivity index (χ1n) is 10.0. The van der Waals surface area contributed by atoms with Gasteiger partial charge < -0.3 is 9.64 Å². The minimum Gasteiger partial charge on any atom is -0.383 e. The molecular weight excluding hydrogens is 404 g/mol. The van der Waals surface area contributed by atoms with Gasteiger partial charge in [-0.3, -0.25) is 4.79 Å². The van der Waals surface area contributed by atoms with E-state index in [1.54, 1.807) is 26.2 Å². The summed E-state index contributed by atoms with van der Waals surface area (Å²) < 4.78 is 28.3. The van der Waals surface area contributed by atoms with E-state index < -0.39 is 10.0 Å². The fourth-order valence-electron chi connectivity index (χ4n) is 3.85. The van der Waals surface area contributed by atoms with Gasteiger partial charge in [0.25, 0.3) is 0 Å². The van der Waals surface area contributed by atoms with Crippen LogP contribution in [0.3, 0.4) is 0 Å². The third-order valence-electron chi connectivity index (χ3n) is 5.53. The number of nitrogens with zero attached hydrogens (tertiary/aromatic N) is 3. The normalized spacial score (nSPS) is 14.8. The number of nitrogens with two attached hydrogens (primary N) is 1. The zero-order valence-electron chi connectivity index (χ0n) is 17.4. The molecule has 1 aromatic carbocycles. The van der Waals surface area contributed by atoms with Crippen molar-refractivity contribution in [1.82, 2.24) is 9.97 Å². The van der Waals surface area contributed by atoms with Crippen LogP contribution in [0.15, 0.2) is 35.5 Å². The highest BCUT2D eigenvalue weighted by Gasteiger charge is 2.24. The number of sulfonamides is 1. The molecule has 0 aliphatic heterocycles. The van der Waals surface area contributed by atoms with Gasteiger partial charge >= 0.3 is 0 Å². The molecule has 0 unspecified atom stereocenters. The number of benzene rings is 1. The number of carbonyl (C=O) groups is 1. The molecule has 162 valence electrons. The largest absolute Gasteiger partial charge is 0.383 e. The van der Waals surface area contributed by atoms with Crippen LogP contribution >= 0.6 is 0 Å². The molecule has 8 nitrogen and oxygen atoms in total. The van der Waals surface area contributed by atoms with Gasteiger partial charge in [0.1, 0.15) is 17.8 Å². The van der Waals surface area contributed by atoms with Crippen LogP contribution in [0.4, 0.5) is 5.82 Å². The van der Waals surface area contributed by atoms with Gasteiger partial charge in [-0.25, -0.2) is 23.5 Å². The molecule has 1 aromatic heterocycles. The van der Waals surface area contributed by atoms with Gasteiger partial charge in [0.05, 0.1) is 11.5 Å². The number of anilines is 1. The van der Waals surface area contributed by atoms with E-state index in [9.17, 15) is 13.2 Å². The van der Waals surface area contributed by atoms with Crippen LogP contribution < -0.4 is 10.0 Å². The maximum absolute atomic E-state index is 12.9. The van der Waals surface area contributed by atoms with Gasteiger partial charge in [0.15, 0.2) is 5.78 Å². The van der Waals surface area contributed by atoms with Crippen molar-refractivity contribution < 1.29 is 17.9 Å². The molecule has 0 spiro atoms. The van der Waals surface area contributed by atoms with Crippen molar-refractivity contribution in [1.29, 1.82) is 0 Å². The molecule has 0 atom stereocenters. The lowest BCUT2D eigenvalue weighted by atomic mass is 10.0. The van der Waals surface area contributed by atoms with Crippen molar-refractivity contribution in [2.75, 3.05) is 25.2 Å². The Morgan fingerprint density at radius 1 is 1.23 bits per heavy atom. The lowest BCUT2D eigenvalue weighted by molar-refractivity contribution is 0.0988. The van der Waals surface area contributed by atoms with E-state index in [1.165, 1.54) is 31.3 Å². The zero-order chi connectivity index (χ0) is 21.7. The van der Waals surface area contributed by atoms with Crippen molar-refractivity contribution >= 4 is 21.6 Å². The molecule has 30 heavy (non-hydrogen) atoms. The SMILES string of the molecule is COCCN(c1cc(C(=O)Cc2ccc(S(N)(=O)=O)cc2C)ncn1)C1CCCC1. The summed E-state index contributed by atoms with van der Waals surface area (Å²) in [6, 6.07) is 6.66. The van der Waals surface area contributed by atoms with Gasteiger partial charge in [-0.2, -0.15) is 0 Å². The van der Waals surface area contributed by atoms with E-state index in [0.717, 1.165) is 24.2 Å². The number of aryl methyl sites for hydroxylation is 1. The molecule has 1 saturated carbocycles. The van der Waals surface area contributed by atoms with E-state index >= 15 is 0 Å². The summed E-state index contributed by atoms with van der Waals surface area (Å²) in [5, 5.41) is 5.17. The van der Waals surface area contributed by atoms with Crippen LogP contribution in [0.5, 0.6) is 0 Å². The van der Waals surface area contributed by atoms with Crippen LogP contribution in [-0.4, -0.2) is 50.5 Å². The number of ether oxygens (including phenoxy) is 1. The van der Waals surface area contributed by atoms with Crippen LogP contribution in [0.25, 0.3) is 0 Å². The summed E-state index contributed by atoms with van der Waals surface area (Å²) in [6.45, 7) is 3.05. The summed E-state index contributed by atoms with van der Waals surface area (Å²) >= 11 is 0. The second kappa shape index (κ2) is 9.63. The average Bonchev–Trinajstić information content (AvgIpc) is 3.24. The fourth-order valence-corrected chi connectivity index (χ4v) is 4.45. The Balaban J connectivity index is 1.80. The number of carbonyl (C=O) groups excluding carboxylic acids is 1. The molecule has 0 saturated heterocycles. The smallest absolute Gasteiger partial charge is 0.238 e. The number of methoxy groups -OCH3 is 1. The number of hydrogen-bond donors (Lipinski definition) is 1. The Kier molecular flexibility index (Phi) is 7.17. The van der Waals surface area contributed by atoms with E-state index in [0.29, 0.717) is 30.5 Å². The number of hydrogen-bond acceptors (Lipinski definition) is 7. The summed E-state index contributed by atoms with van der Waals surface area (Å²) in [4.78, 5) is 23.7. The van der Waals surface area contributed by atoms with Crippen molar-refractivity contribution in [3.8, 4) is 0 Å². The van der Waals surface area contributed by atoms with Crippen LogP contribution in [0.2, 0.25) is 0 Å². The quantitative estimate of drug-likeness (QED) is 0.604. The third-order valence-corrected chi connectivity index (χ3v) is 6.44. The highest BCUT2D eigenvalue weighted by molar-refractivity contribution is 7.89. The summed E-state index contributed by atoms with van der Waals surface area (Å²) in [7, 11) is -2.10. The Morgan fingerprint density at radius 3 is 2.60 bits per heavy atom. The monoisotopic (exact) mass is 432 g/mol. The topological polar surface area (TPSA) is 115 Å². The minimum absolute atomic E-state index is 0.0332. The van der Waals surface area contributed by atoms with E-state index in [-0.39, 0.29) is 17.1 Å². The average molecular weight is 433 g/mol. The Bertz CT molecular complexity index is 1000. The first kappa shape index (κ1) is 22.3. The molecule has 2 aromatic rings. The Labute approximate surface area is 177 Å². The highest BCUT2D eigenvalue weighted by Crippen LogP contribution is 2.27. The summed E-state index contributed by atoms with van der Waals surface area (Å²) in [5.41, 5.74) is 1.77. The first-order chi connectivity index (χ1) is 14.3. The Morgan fingerprint density at radius 2 is 1.97 bits per heavy atom. The number of aromatic nitrogens is 2. The van der Waals surface area contributed by atoms with Crippen LogP contribution in [0.1, 0.15) is 47.3 Å². The van der Waals surface area contributed by atoms with E-state index in [4.69, 9.17) is 9.88 Å². The Hall–Kier alpha value is -2.36. The number of rotatable bonds is 9. The molecule has 3 rings (SSSR count). The highest BCUT2D eigenvalue weighted by atomic mass is 32.2. The molecule has 0 radical (unpaired) electrons. The lowest BCUT2D eigenvalue weighted by Gasteiger charge is -2.29. The minimum atomic E-state index is -3.78. The summed E-state index contributed by atoms with van der Waals surface area (Å²) in [6.07, 6.45) is 6.14. The van der Waals surface area contributed by atoms with Crippen molar-refractivity contribution in [2.24, 2.45) is 5.14 Å². The predicted molar refractivity (Wildman–Crippen MR) is 114 cm³/mol. The van der Waals surface area contributed by atoms with Crippen LogP contribution in [0, 0.1) is 6.92 Å². The number of primary sulfonamides is 1. The van der Waals surface area contributed by atoms with E-state index in [2.05, 4.69) is 14.9 Å². The van der Waals surface area contributed by atoms with Crippen LogP contribution in [-0.2, 0) is 21.2 Å². The maximum atomic E-state index is 12.9. The molecular formula is C21H28N4O4S. The second-order valence-corrected chi connectivity index (χ2v) is 9.18. The molecule has 0 amide bonds. The number of ketones is 1. The van der Waals surface area contributed by atoms with Gasteiger partial charge in [-0.15, -0.1) is 0 Å². The van der Waals surface area contributed by atoms with Crippen molar-refractivity contribution in [3.05, 3.63) is 47.4 Å². The third kappa shape index (κ3) is 5.41. The molecule has 0 bridgehead atoms. The molecule has 2 N–H and O–H groups in total. The molecule has 1 fully saturated rings. The predicted octanol–water partition coefficient (Wildman–Crippen LogP) is 2.25. The lowest BCUT2D eigenvalue weighted by Crippen LogP contribution is -2.36. The zero-order valence-corrected chi connectivity index (χ0v) is 18.2.